The van der Waals surface area contributed by atoms with Gasteiger partial charge in [-0.05, 0) is 46.6 Å². The predicted octanol–water partition coefficient (Wildman–Crippen LogP) is 4.97. The van der Waals surface area contributed by atoms with Crippen molar-refractivity contribution >= 4 is 32.9 Å². The highest BCUT2D eigenvalue weighted by atomic mass is 32.2. The first-order valence-electron chi connectivity index (χ1n) is 9.93. The number of sulfonamides is 1. The molecule has 2 rings (SSSR count). The molecule has 0 aromatic heterocycles. The molecular weight excluding hydrogens is 400 g/mol. The van der Waals surface area contributed by atoms with Crippen molar-refractivity contribution in [3.05, 3.63) is 64.7 Å². The van der Waals surface area contributed by atoms with Gasteiger partial charge in [-0.1, -0.05) is 76.3 Å². The van der Waals surface area contributed by atoms with Crippen LogP contribution in [0.1, 0.15) is 56.4 Å². The Kier molecular flexibility index (Phi) is 7.83. The third-order valence-electron chi connectivity index (χ3n) is 4.80. The SMILES string of the molecule is CCc1cc(CNC(=S)CCc2ccc(C(C)(C)C)cc2)ccc1NS(C)(=O)=O. The van der Waals surface area contributed by atoms with Crippen molar-refractivity contribution in [3.8, 4) is 0 Å². The van der Waals surface area contributed by atoms with E-state index in [9.17, 15) is 8.42 Å². The van der Waals surface area contributed by atoms with Crippen molar-refractivity contribution in [3.63, 3.8) is 0 Å². The van der Waals surface area contributed by atoms with E-state index in [0.717, 1.165) is 41.6 Å². The van der Waals surface area contributed by atoms with Gasteiger partial charge in [0, 0.05) is 13.0 Å². The summed E-state index contributed by atoms with van der Waals surface area (Å²) in [7, 11) is -3.28. The largest absolute Gasteiger partial charge is 0.376 e. The van der Waals surface area contributed by atoms with E-state index in [1.54, 1.807) is 0 Å². The highest BCUT2D eigenvalue weighted by Crippen LogP contribution is 2.22. The van der Waals surface area contributed by atoms with Gasteiger partial charge in [0.15, 0.2) is 0 Å². The van der Waals surface area contributed by atoms with Crippen molar-refractivity contribution in [2.45, 2.75) is 58.9 Å². The van der Waals surface area contributed by atoms with E-state index in [2.05, 4.69) is 55.1 Å². The lowest BCUT2D eigenvalue weighted by molar-refractivity contribution is 0.590. The number of hydrogen-bond donors (Lipinski definition) is 2. The second-order valence-corrected chi connectivity index (χ2v) is 10.7. The van der Waals surface area contributed by atoms with E-state index in [1.165, 1.54) is 11.1 Å². The monoisotopic (exact) mass is 432 g/mol. The van der Waals surface area contributed by atoms with Crippen LogP contribution in [-0.2, 0) is 34.8 Å². The fourth-order valence-corrected chi connectivity index (χ4v) is 3.84. The number of benzene rings is 2. The molecule has 2 aromatic carbocycles. The summed E-state index contributed by atoms with van der Waals surface area (Å²) >= 11 is 5.49. The van der Waals surface area contributed by atoms with E-state index in [-0.39, 0.29) is 5.41 Å². The molecule has 0 spiro atoms. The summed E-state index contributed by atoms with van der Waals surface area (Å²) < 4.78 is 25.5. The summed E-state index contributed by atoms with van der Waals surface area (Å²) in [5.41, 5.74) is 5.48. The Bertz CT molecular complexity index is 944. The van der Waals surface area contributed by atoms with Crippen molar-refractivity contribution < 1.29 is 8.42 Å². The normalized spacial score (nSPS) is 11.9. The van der Waals surface area contributed by atoms with Crippen LogP contribution >= 0.6 is 12.2 Å². The minimum absolute atomic E-state index is 0.166. The Morgan fingerprint density at radius 2 is 1.66 bits per heavy atom. The molecule has 0 saturated heterocycles. The van der Waals surface area contributed by atoms with E-state index >= 15 is 0 Å². The summed E-state index contributed by atoms with van der Waals surface area (Å²) in [6.07, 6.45) is 3.63. The van der Waals surface area contributed by atoms with E-state index < -0.39 is 10.0 Å². The van der Waals surface area contributed by atoms with Crippen molar-refractivity contribution in [2.75, 3.05) is 11.0 Å². The molecule has 0 aliphatic heterocycles. The molecule has 0 saturated carbocycles. The third-order valence-corrected chi connectivity index (χ3v) is 5.74. The van der Waals surface area contributed by atoms with Crippen LogP contribution in [0.25, 0.3) is 0 Å². The number of hydrogen-bond acceptors (Lipinski definition) is 3. The van der Waals surface area contributed by atoms with Gasteiger partial charge in [-0.25, -0.2) is 8.42 Å². The summed E-state index contributed by atoms with van der Waals surface area (Å²) in [6.45, 7) is 9.29. The standard InChI is InChI=1S/C23H32N2O2S2/c1-6-19-15-18(9-13-21(19)25-29(5,26)27)16-24-22(28)14-10-17-7-11-20(12-8-17)23(2,3)4/h7-9,11-13,15,25H,6,10,14,16H2,1-5H3,(H,24,28). The molecule has 0 heterocycles. The average molecular weight is 433 g/mol. The Hall–Kier alpha value is -1.92. The Morgan fingerprint density at radius 3 is 2.21 bits per heavy atom. The maximum Gasteiger partial charge on any atom is 0.229 e. The van der Waals surface area contributed by atoms with Gasteiger partial charge in [0.05, 0.1) is 16.9 Å². The smallest absolute Gasteiger partial charge is 0.229 e. The Morgan fingerprint density at radius 1 is 1.03 bits per heavy atom. The van der Waals surface area contributed by atoms with E-state index in [1.807, 2.05) is 25.1 Å². The van der Waals surface area contributed by atoms with Crippen LogP contribution in [0, 0.1) is 0 Å². The Labute approximate surface area is 181 Å². The van der Waals surface area contributed by atoms with Crippen LogP contribution in [0.5, 0.6) is 0 Å². The molecule has 0 amide bonds. The van der Waals surface area contributed by atoms with Gasteiger partial charge in [0.2, 0.25) is 10.0 Å². The number of anilines is 1. The van der Waals surface area contributed by atoms with Crippen LogP contribution in [-0.4, -0.2) is 19.7 Å². The number of thiocarbonyl (C=S) groups is 1. The molecule has 0 fully saturated rings. The molecule has 29 heavy (non-hydrogen) atoms. The summed E-state index contributed by atoms with van der Waals surface area (Å²) in [5, 5.41) is 3.32. The maximum atomic E-state index is 11.5. The van der Waals surface area contributed by atoms with Gasteiger partial charge in [-0.3, -0.25) is 4.72 Å². The van der Waals surface area contributed by atoms with Crippen molar-refractivity contribution in [1.29, 1.82) is 0 Å². The van der Waals surface area contributed by atoms with Crippen LogP contribution in [0.2, 0.25) is 0 Å². The first-order chi connectivity index (χ1) is 13.5. The topological polar surface area (TPSA) is 58.2 Å². The van der Waals surface area contributed by atoms with Crippen molar-refractivity contribution in [2.24, 2.45) is 0 Å². The fraction of sp³-hybridized carbons (Fsp3) is 0.435. The first-order valence-corrected chi connectivity index (χ1v) is 12.2. The molecule has 2 aromatic rings. The highest BCUT2D eigenvalue weighted by Gasteiger charge is 2.13. The average Bonchev–Trinajstić information content (AvgIpc) is 2.64. The van der Waals surface area contributed by atoms with Crippen LogP contribution < -0.4 is 10.0 Å². The Balaban J connectivity index is 1.89. The van der Waals surface area contributed by atoms with Gasteiger partial charge >= 0.3 is 0 Å². The summed E-state index contributed by atoms with van der Waals surface area (Å²) in [6, 6.07) is 14.5. The van der Waals surface area contributed by atoms with Gasteiger partial charge in [-0.15, -0.1) is 0 Å². The minimum Gasteiger partial charge on any atom is -0.376 e. The van der Waals surface area contributed by atoms with Crippen LogP contribution in [0.4, 0.5) is 5.69 Å². The molecule has 0 atom stereocenters. The second-order valence-electron chi connectivity index (χ2n) is 8.44. The zero-order valence-electron chi connectivity index (χ0n) is 18.0. The quantitative estimate of drug-likeness (QED) is 0.579. The lowest BCUT2D eigenvalue weighted by atomic mass is 9.86. The molecule has 0 bridgehead atoms. The second kappa shape index (κ2) is 9.72. The molecule has 158 valence electrons. The van der Waals surface area contributed by atoms with Gasteiger partial charge < -0.3 is 5.32 Å². The minimum atomic E-state index is -3.28. The molecule has 0 aliphatic carbocycles. The summed E-state index contributed by atoms with van der Waals surface area (Å²) in [4.78, 5) is 0.835. The molecule has 0 aliphatic rings. The molecular formula is C23H32N2O2S2. The first kappa shape index (κ1) is 23.4. The van der Waals surface area contributed by atoms with E-state index in [4.69, 9.17) is 12.2 Å². The van der Waals surface area contributed by atoms with E-state index in [0.29, 0.717) is 12.2 Å². The molecule has 4 nitrogen and oxygen atoms in total. The summed E-state index contributed by atoms with van der Waals surface area (Å²) in [5.74, 6) is 0. The lowest BCUT2D eigenvalue weighted by Crippen LogP contribution is -2.21. The fourth-order valence-electron chi connectivity index (χ4n) is 3.07. The zero-order chi connectivity index (χ0) is 21.7. The number of aryl methyl sites for hydroxylation is 2. The molecule has 0 unspecified atom stereocenters. The highest BCUT2D eigenvalue weighted by molar-refractivity contribution is 7.92. The predicted molar refractivity (Wildman–Crippen MR) is 127 cm³/mol. The van der Waals surface area contributed by atoms with Gasteiger partial charge in [0.25, 0.3) is 0 Å². The maximum absolute atomic E-state index is 11.5. The number of rotatable bonds is 8. The molecule has 6 heteroatoms. The zero-order valence-corrected chi connectivity index (χ0v) is 19.6. The van der Waals surface area contributed by atoms with Crippen LogP contribution in [0.3, 0.4) is 0 Å². The molecule has 2 N–H and O–H groups in total. The third kappa shape index (κ3) is 7.78. The van der Waals surface area contributed by atoms with Gasteiger partial charge in [-0.2, -0.15) is 0 Å². The van der Waals surface area contributed by atoms with Crippen LogP contribution in [0.15, 0.2) is 42.5 Å². The molecule has 0 radical (unpaired) electrons. The van der Waals surface area contributed by atoms with Gasteiger partial charge in [0.1, 0.15) is 0 Å². The lowest BCUT2D eigenvalue weighted by Gasteiger charge is -2.19. The number of nitrogens with one attached hydrogen (secondary N) is 2. The van der Waals surface area contributed by atoms with Crippen molar-refractivity contribution in [1.82, 2.24) is 5.32 Å².